The van der Waals surface area contributed by atoms with Crippen LogP contribution in [0.2, 0.25) is 0 Å². The van der Waals surface area contributed by atoms with Crippen LogP contribution >= 0.6 is 11.8 Å². The van der Waals surface area contributed by atoms with Gasteiger partial charge in [0, 0.05) is 12.5 Å². The number of carbonyl (C=O) groups excluding carboxylic acids is 1. The molecule has 0 atom stereocenters. The van der Waals surface area contributed by atoms with E-state index in [1.165, 1.54) is 11.8 Å². The Morgan fingerprint density at radius 1 is 1.17 bits per heavy atom. The SMILES string of the molecule is COc1cccc(CNC(=O)CSc2nc3ccccc3n3c(C(C)C)nnc23)c1. The number of aromatic nitrogens is 4. The van der Waals surface area contributed by atoms with Gasteiger partial charge in [0.25, 0.3) is 0 Å². The lowest BCUT2D eigenvalue weighted by atomic mass is 10.2. The largest absolute Gasteiger partial charge is 0.497 e. The fourth-order valence-corrected chi connectivity index (χ4v) is 4.01. The van der Waals surface area contributed by atoms with Gasteiger partial charge >= 0.3 is 0 Å². The number of amides is 1. The second-order valence-corrected chi connectivity index (χ2v) is 8.16. The van der Waals surface area contributed by atoms with Gasteiger partial charge in [-0.2, -0.15) is 0 Å². The van der Waals surface area contributed by atoms with Gasteiger partial charge in [0.05, 0.1) is 23.9 Å². The molecule has 0 aliphatic carbocycles. The summed E-state index contributed by atoms with van der Waals surface area (Å²) in [6.07, 6.45) is 0. The maximum atomic E-state index is 12.4. The molecule has 0 radical (unpaired) electrons. The Morgan fingerprint density at radius 2 is 2.00 bits per heavy atom. The first-order valence-corrected chi connectivity index (χ1v) is 10.7. The van der Waals surface area contributed by atoms with Crippen molar-refractivity contribution in [2.45, 2.75) is 31.3 Å². The van der Waals surface area contributed by atoms with E-state index in [4.69, 9.17) is 9.72 Å². The maximum absolute atomic E-state index is 12.4. The Morgan fingerprint density at radius 3 is 2.80 bits per heavy atom. The maximum Gasteiger partial charge on any atom is 0.230 e. The standard InChI is InChI=1S/C22H23N5O2S/c1-14(2)20-25-26-21-22(24-17-9-4-5-10-18(17)27(20)21)30-13-19(28)23-12-15-7-6-8-16(11-15)29-3/h4-11,14H,12-13H2,1-3H3,(H,23,28). The molecular weight excluding hydrogens is 398 g/mol. The topological polar surface area (TPSA) is 81.4 Å². The minimum absolute atomic E-state index is 0.0699. The molecular formula is C22H23N5O2S. The van der Waals surface area contributed by atoms with E-state index >= 15 is 0 Å². The summed E-state index contributed by atoms with van der Waals surface area (Å²) < 4.78 is 7.27. The predicted molar refractivity (Wildman–Crippen MR) is 118 cm³/mol. The highest BCUT2D eigenvalue weighted by Gasteiger charge is 2.18. The van der Waals surface area contributed by atoms with E-state index in [0.29, 0.717) is 17.2 Å². The zero-order chi connectivity index (χ0) is 21.1. The molecule has 0 bridgehead atoms. The van der Waals surface area contributed by atoms with E-state index in [9.17, 15) is 4.79 Å². The summed E-state index contributed by atoms with van der Waals surface area (Å²) in [5.41, 5.74) is 3.49. The smallest absolute Gasteiger partial charge is 0.230 e. The molecule has 4 aromatic rings. The number of methoxy groups -OCH3 is 1. The number of ether oxygens (including phenoxy) is 1. The van der Waals surface area contributed by atoms with Crippen LogP contribution in [0, 0.1) is 0 Å². The van der Waals surface area contributed by atoms with Gasteiger partial charge in [0.2, 0.25) is 5.91 Å². The summed E-state index contributed by atoms with van der Waals surface area (Å²) in [6.45, 7) is 4.62. The molecule has 1 N–H and O–H groups in total. The van der Waals surface area contributed by atoms with Crippen LogP contribution in [0.25, 0.3) is 16.7 Å². The lowest BCUT2D eigenvalue weighted by Crippen LogP contribution is -2.24. The van der Waals surface area contributed by atoms with Crippen LogP contribution in [-0.2, 0) is 11.3 Å². The lowest BCUT2D eigenvalue weighted by molar-refractivity contribution is -0.118. The highest BCUT2D eigenvalue weighted by Crippen LogP contribution is 2.27. The van der Waals surface area contributed by atoms with Crippen LogP contribution in [0.15, 0.2) is 53.6 Å². The van der Waals surface area contributed by atoms with Crippen molar-refractivity contribution >= 4 is 34.3 Å². The molecule has 4 rings (SSSR count). The zero-order valence-corrected chi connectivity index (χ0v) is 17.9. The van der Waals surface area contributed by atoms with E-state index in [0.717, 1.165) is 28.2 Å². The van der Waals surface area contributed by atoms with Crippen molar-refractivity contribution in [1.82, 2.24) is 24.9 Å². The first-order valence-electron chi connectivity index (χ1n) is 9.73. The van der Waals surface area contributed by atoms with E-state index in [2.05, 4.69) is 29.4 Å². The van der Waals surface area contributed by atoms with E-state index in [1.807, 2.05) is 52.9 Å². The number of hydrogen-bond donors (Lipinski definition) is 1. The van der Waals surface area contributed by atoms with E-state index < -0.39 is 0 Å². The number of nitrogens with zero attached hydrogens (tertiary/aromatic N) is 4. The Kier molecular flexibility index (Phi) is 5.85. The summed E-state index contributed by atoms with van der Waals surface area (Å²) in [5, 5.41) is 12.4. The molecule has 30 heavy (non-hydrogen) atoms. The monoisotopic (exact) mass is 421 g/mol. The number of hydrogen-bond acceptors (Lipinski definition) is 6. The average molecular weight is 422 g/mol. The number of rotatable bonds is 7. The van der Waals surface area contributed by atoms with Crippen molar-refractivity contribution in [3.8, 4) is 5.75 Å². The summed E-state index contributed by atoms with van der Waals surface area (Å²) in [5.74, 6) is 2.04. The number of thioether (sulfide) groups is 1. The number of benzene rings is 2. The van der Waals surface area contributed by atoms with Crippen molar-refractivity contribution in [3.05, 3.63) is 59.9 Å². The molecule has 0 fully saturated rings. The third kappa shape index (κ3) is 4.09. The molecule has 0 aliphatic heterocycles. The second-order valence-electron chi connectivity index (χ2n) is 7.19. The molecule has 0 aliphatic rings. The van der Waals surface area contributed by atoms with Gasteiger partial charge in [-0.25, -0.2) is 4.98 Å². The van der Waals surface area contributed by atoms with Crippen LogP contribution < -0.4 is 10.1 Å². The molecule has 0 saturated heterocycles. The number of carbonyl (C=O) groups is 1. The van der Waals surface area contributed by atoms with Gasteiger partial charge in [-0.05, 0) is 29.8 Å². The summed E-state index contributed by atoms with van der Waals surface area (Å²) in [4.78, 5) is 17.2. The number of nitrogens with one attached hydrogen (secondary N) is 1. The fourth-order valence-electron chi connectivity index (χ4n) is 3.22. The Labute approximate surface area is 178 Å². The minimum atomic E-state index is -0.0699. The molecule has 8 heteroatoms. The molecule has 0 unspecified atom stereocenters. The summed E-state index contributed by atoms with van der Waals surface area (Å²) in [6, 6.07) is 15.6. The van der Waals surface area contributed by atoms with Crippen molar-refractivity contribution in [1.29, 1.82) is 0 Å². The molecule has 154 valence electrons. The van der Waals surface area contributed by atoms with Crippen molar-refractivity contribution < 1.29 is 9.53 Å². The zero-order valence-electron chi connectivity index (χ0n) is 17.1. The minimum Gasteiger partial charge on any atom is -0.497 e. The van der Waals surface area contributed by atoms with Gasteiger partial charge in [-0.1, -0.05) is 49.9 Å². The van der Waals surface area contributed by atoms with Crippen LogP contribution in [0.5, 0.6) is 5.75 Å². The van der Waals surface area contributed by atoms with Crippen LogP contribution in [0.3, 0.4) is 0 Å². The van der Waals surface area contributed by atoms with Crippen LogP contribution in [0.1, 0.15) is 31.2 Å². The van der Waals surface area contributed by atoms with Crippen LogP contribution in [-0.4, -0.2) is 38.4 Å². The Bertz CT molecular complexity index is 1200. The first-order chi connectivity index (χ1) is 14.6. The number of fused-ring (bicyclic) bond motifs is 3. The molecule has 0 saturated carbocycles. The molecule has 7 nitrogen and oxygen atoms in total. The van der Waals surface area contributed by atoms with Crippen LogP contribution in [0.4, 0.5) is 0 Å². The predicted octanol–water partition coefficient (Wildman–Crippen LogP) is 3.82. The fraction of sp³-hybridized carbons (Fsp3) is 0.273. The van der Waals surface area contributed by atoms with Crippen molar-refractivity contribution in [2.24, 2.45) is 0 Å². The first kappa shape index (κ1) is 20.2. The molecule has 2 aromatic carbocycles. The molecule has 1 amide bonds. The average Bonchev–Trinajstić information content (AvgIpc) is 3.22. The van der Waals surface area contributed by atoms with Crippen molar-refractivity contribution in [3.63, 3.8) is 0 Å². The highest BCUT2D eigenvalue weighted by molar-refractivity contribution is 8.00. The third-order valence-electron chi connectivity index (χ3n) is 4.70. The van der Waals surface area contributed by atoms with Gasteiger partial charge in [-0.15, -0.1) is 10.2 Å². The summed E-state index contributed by atoms with van der Waals surface area (Å²) >= 11 is 1.37. The summed E-state index contributed by atoms with van der Waals surface area (Å²) in [7, 11) is 1.63. The second kappa shape index (κ2) is 8.71. The molecule has 2 heterocycles. The van der Waals surface area contributed by atoms with E-state index in [-0.39, 0.29) is 17.6 Å². The number of para-hydroxylation sites is 2. The molecule has 0 spiro atoms. The van der Waals surface area contributed by atoms with Gasteiger partial charge in [0.1, 0.15) is 16.6 Å². The van der Waals surface area contributed by atoms with Gasteiger partial charge < -0.3 is 10.1 Å². The highest BCUT2D eigenvalue weighted by atomic mass is 32.2. The van der Waals surface area contributed by atoms with Gasteiger partial charge in [-0.3, -0.25) is 9.20 Å². The normalized spacial score (nSPS) is 11.3. The van der Waals surface area contributed by atoms with Crippen molar-refractivity contribution in [2.75, 3.05) is 12.9 Å². The third-order valence-corrected chi connectivity index (χ3v) is 5.66. The Balaban J connectivity index is 1.52. The quantitative estimate of drug-likeness (QED) is 0.457. The van der Waals surface area contributed by atoms with E-state index in [1.54, 1.807) is 7.11 Å². The van der Waals surface area contributed by atoms with Gasteiger partial charge in [0.15, 0.2) is 5.65 Å². The molecule has 2 aromatic heterocycles. The Hall–Kier alpha value is -3.13. The lowest BCUT2D eigenvalue weighted by Gasteiger charge is -2.10.